The van der Waals surface area contributed by atoms with Crippen LogP contribution in [0, 0.1) is 90.2 Å². The van der Waals surface area contributed by atoms with E-state index < -0.39 is 0 Å². The topological polar surface area (TPSA) is 87.4 Å². The minimum Gasteiger partial charge on any atom is -0.468 e. The van der Waals surface area contributed by atoms with Crippen LogP contribution in [0.2, 0.25) is 0 Å². The molecule has 0 N–H and O–H groups in total. The molecule has 30 heavy (non-hydrogen) atoms. The molecule has 1 atom stereocenters. The van der Waals surface area contributed by atoms with Gasteiger partial charge in [0.1, 0.15) is 0 Å². The van der Waals surface area contributed by atoms with E-state index in [9.17, 15) is 0 Å². The first kappa shape index (κ1) is 31.7. The molecule has 5 aliphatic rings. The first-order chi connectivity index (χ1) is 14.4. The predicted octanol–water partition coefficient (Wildman–Crippen LogP) is 2.97. The Hall–Kier alpha value is -0.472. The summed E-state index contributed by atoms with van der Waals surface area (Å²) in [5.41, 5.74) is 1.32. The quantitative estimate of drug-likeness (QED) is 0.327. The molecule has 3 saturated carbocycles. The molecule has 4 fully saturated rings. The van der Waals surface area contributed by atoms with Gasteiger partial charge >= 0.3 is 55.0 Å². The van der Waals surface area contributed by atoms with Gasteiger partial charge in [0.15, 0.2) is 5.79 Å². The van der Waals surface area contributed by atoms with E-state index in [0.717, 1.165) is 32.5 Å². The molecule has 7 heteroatoms. The smallest absolute Gasteiger partial charge is 0.468 e. The summed E-state index contributed by atoms with van der Waals surface area (Å²) in [6, 6.07) is 0. The second-order valence-corrected chi connectivity index (χ2v) is 5.74. The maximum atomic E-state index is 7.50. The van der Waals surface area contributed by atoms with Crippen molar-refractivity contribution in [3.63, 3.8) is 0 Å². The molecule has 1 unspecified atom stereocenters. The molecule has 3 aliphatic carbocycles. The second kappa shape index (κ2) is 21.7. The molecule has 5 rings (SSSR count). The van der Waals surface area contributed by atoms with Crippen LogP contribution in [0.5, 0.6) is 0 Å². The molecule has 0 aromatic carbocycles. The van der Waals surface area contributed by atoms with E-state index in [1.807, 2.05) is 64.2 Å². The van der Waals surface area contributed by atoms with Gasteiger partial charge in [-0.25, -0.2) is 5.57 Å². The van der Waals surface area contributed by atoms with E-state index in [0.29, 0.717) is 6.61 Å². The monoisotopic (exact) mass is 579 g/mol. The van der Waals surface area contributed by atoms with Crippen molar-refractivity contribution in [1.29, 1.82) is 0 Å². The Bertz CT molecular complexity index is 446. The van der Waals surface area contributed by atoms with Gasteiger partial charge in [0.25, 0.3) is 0 Å². The van der Waals surface area contributed by atoms with E-state index >= 15 is 0 Å². The van der Waals surface area contributed by atoms with E-state index in [-0.39, 0.29) is 33.0 Å². The van der Waals surface area contributed by atoms with E-state index in [1.165, 1.54) is 5.57 Å². The van der Waals surface area contributed by atoms with Crippen LogP contribution in [0.3, 0.4) is 0 Å². The van der Waals surface area contributed by atoms with E-state index in [4.69, 9.17) is 28.2 Å². The van der Waals surface area contributed by atoms with Crippen molar-refractivity contribution in [2.75, 3.05) is 19.8 Å². The van der Waals surface area contributed by atoms with Crippen molar-refractivity contribution in [2.24, 2.45) is 0 Å². The summed E-state index contributed by atoms with van der Waals surface area (Å²) in [4.78, 5) is 0. The summed E-state index contributed by atoms with van der Waals surface area (Å²) in [5, 5.41) is 0. The van der Waals surface area contributed by atoms with Crippen molar-refractivity contribution < 1.29 is 49.2 Å². The summed E-state index contributed by atoms with van der Waals surface area (Å²) in [6.45, 7) is 15.6. The third-order valence-electron chi connectivity index (χ3n) is 4.17. The summed E-state index contributed by atoms with van der Waals surface area (Å²) in [6.07, 6.45) is 26.3. The average Bonchev–Trinajstić information content (AvgIpc) is 3.63. The maximum absolute atomic E-state index is 7.50. The molecule has 6 nitrogen and oxygen atoms in total. The van der Waals surface area contributed by atoms with Gasteiger partial charge in [-0.05, 0) is 64.2 Å². The van der Waals surface area contributed by atoms with Gasteiger partial charge in [-0.15, -0.1) is 0 Å². The molecule has 0 bridgehead atoms. The third-order valence-corrected chi connectivity index (χ3v) is 4.17. The molecule has 1 spiro atoms. The first-order valence-electron chi connectivity index (χ1n) is 8.82. The molecule has 0 amide bonds. The van der Waals surface area contributed by atoms with Crippen LogP contribution in [-0.2, 0) is 49.2 Å². The normalized spacial score (nSPS) is 23.9. The fourth-order valence-corrected chi connectivity index (χ4v) is 2.99. The zero-order chi connectivity index (χ0) is 21.8. The minimum absolute atomic E-state index is 0. The van der Waals surface area contributed by atoms with Gasteiger partial charge < -0.3 is 20.3 Å². The first-order valence-corrected chi connectivity index (χ1v) is 8.82. The van der Waals surface area contributed by atoms with Gasteiger partial charge in [0, 0.05) is 18.9 Å². The Morgan fingerprint density at radius 2 is 1.17 bits per heavy atom. The summed E-state index contributed by atoms with van der Waals surface area (Å²) in [7, 11) is 0. The Morgan fingerprint density at radius 1 is 0.767 bits per heavy atom. The Morgan fingerprint density at radius 3 is 1.57 bits per heavy atom. The third kappa shape index (κ3) is 12.4. The van der Waals surface area contributed by atoms with Gasteiger partial charge in [0.05, 0.1) is 13.2 Å². The maximum Gasteiger partial charge on any atom is 2.00 e. The number of rotatable bonds is 0. The van der Waals surface area contributed by atoms with Crippen LogP contribution in [0.4, 0.5) is 0 Å². The SMILES string of the molecule is [C-]#[O+].[C-]#[O+].[C-]#[O+].[C-]1=C2CCC3(CC2OC1)OCCO3.[CH]1[CH][CH][CH][CH]1.[CH]1[CH][CH][CH][CH]1.[W+2]. The van der Waals surface area contributed by atoms with Crippen LogP contribution in [0.1, 0.15) is 19.3 Å². The minimum atomic E-state index is -0.319. The zero-order valence-electron chi connectivity index (χ0n) is 16.5. The average molecular weight is 579 g/mol. The number of hydrogen-bond acceptors (Lipinski definition) is 3. The molecular weight excluding hydrogens is 556 g/mol. The Labute approximate surface area is 195 Å². The Kier molecular flexibility index (Phi) is 23.0. The van der Waals surface area contributed by atoms with Gasteiger partial charge in [0.2, 0.25) is 0 Å². The molecule has 2 heterocycles. The summed E-state index contributed by atoms with van der Waals surface area (Å²) in [5.74, 6) is -0.319. The Balaban J connectivity index is 0. The molecule has 10 radical (unpaired) electrons. The van der Waals surface area contributed by atoms with Crippen molar-refractivity contribution in [1.82, 2.24) is 0 Å². The van der Waals surface area contributed by atoms with Gasteiger partial charge in [-0.1, -0.05) is 13.0 Å². The van der Waals surface area contributed by atoms with Crippen LogP contribution in [0.25, 0.3) is 0 Å². The fourth-order valence-electron chi connectivity index (χ4n) is 2.99. The van der Waals surface area contributed by atoms with E-state index in [1.54, 1.807) is 0 Å². The molecular formula is C23H23O6W+. The van der Waals surface area contributed by atoms with E-state index in [2.05, 4.69) is 26.0 Å². The van der Waals surface area contributed by atoms with Gasteiger partial charge in [-0.2, -0.15) is 0 Å². The zero-order valence-corrected chi connectivity index (χ0v) is 19.4. The van der Waals surface area contributed by atoms with Crippen LogP contribution < -0.4 is 0 Å². The molecule has 0 aromatic heterocycles. The van der Waals surface area contributed by atoms with Crippen molar-refractivity contribution in [2.45, 2.75) is 31.2 Å². The molecule has 156 valence electrons. The summed E-state index contributed by atoms with van der Waals surface area (Å²) >= 11 is 0. The number of hydrogen-bond donors (Lipinski definition) is 0. The number of ether oxygens (including phenoxy) is 3. The summed E-state index contributed by atoms with van der Waals surface area (Å²) < 4.78 is 39.3. The van der Waals surface area contributed by atoms with Crippen molar-refractivity contribution in [3.05, 3.63) is 95.8 Å². The van der Waals surface area contributed by atoms with Gasteiger partial charge in [-0.3, -0.25) is 0 Å². The fraction of sp³-hybridized carbons (Fsp3) is 0.348. The van der Waals surface area contributed by atoms with Crippen LogP contribution >= 0.6 is 0 Å². The van der Waals surface area contributed by atoms with Crippen molar-refractivity contribution >= 4 is 0 Å². The molecule has 1 saturated heterocycles. The molecule has 2 aliphatic heterocycles. The predicted molar refractivity (Wildman–Crippen MR) is 99.8 cm³/mol. The van der Waals surface area contributed by atoms with Crippen LogP contribution in [-0.4, -0.2) is 31.7 Å². The molecule has 0 aromatic rings. The second-order valence-electron chi connectivity index (χ2n) is 5.74. The standard InChI is InChI=1S/C10H13O3.2C5H5.3CO.W/c1-3-10(12-5-6-13-10)7-9-8(1)2-4-11-9;2*1-2-4-5-3-1;3*1-2;/h9H,1,3-7H2;2*1-5H;;;;/q-1;;;;;;+2. The number of fused-ring (bicyclic) bond motifs is 1. The van der Waals surface area contributed by atoms with Crippen molar-refractivity contribution in [3.8, 4) is 0 Å². The largest absolute Gasteiger partial charge is 2.00 e. The van der Waals surface area contributed by atoms with Crippen LogP contribution in [0.15, 0.2) is 5.57 Å².